The summed E-state index contributed by atoms with van der Waals surface area (Å²) in [4.78, 5) is 0. The molecule has 0 aliphatic carbocycles. The van der Waals surface area contributed by atoms with Gasteiger partial charge in [0, 0.05) is 4.47 Å². The monoisotopic (exact) mass is 355 g/mol. The van der Waals surface area contributed by atoms with E-state index in [2.05, 4.69) is 45.3 Å². The first-order chi connectivity index (χ1) is 9.69. The lowest BCUT2D eigenvalue weighted by Crippen LogP contribution is -2.19. The van der Waals surface area contributed by atoms with Gasteiger partial charge in [0.1, 0.15) is 10.8 Å². The highest BCUT2D eigenvalue weighted by Crippen LogP contribution is 2.35. The third-order valence-electron chi connectivity index (χ3n) is 2.99. The maximum atomic E-state index is 5.42. The molecule has 0 bridgehead atoms. The highest BCUT2D eigenvalue weighted by Gasteiger charge is 2.17. The molecule has 0 amide bonds. The molecule has 4 nitrogen and oxygen atoms in total. The van der Waals surface area contributed by atoms with Crippen molar-refractivity contribution in [2.75, 3.05) is 13.7 Å². The molecule has 0 saturated heterocycles. The van der Waals surface area contributed by atoms with Gasteiger partial charge in [0.2, 0.25) is 0 Å². The van der Waals surface area contributed by atoms with Gasteiger partial charge in [0.05, 0.1) is 18.7 Å². The topological polar surface area (TPSA) is 47.0 Å². The molecular weight excluding hydrogens is 338 g/mol. The minimum Gasteiger partial charge on any atom is -0.496 e. The first-order valence-electron chi connectivity index (χ1n) is 6.60. The maximum Gasteiger partial charge on any atom is 0.151 e. The van der Waals surface area contributed by atoms with E-state index in [0.717, 1.165) is 38.8 Å². The second-order valence-electron chi connectivity index (χ2n) is 4.31. The minimum atomic E-state index is 0.271. The summed E-state index contributed by atoms with van der Waals surface area (Å²) < 4.78 is 6.41. The number of benzene rings is 1. The number of nitrogens with zero attached hydrogens (tertiary/aromatic N) is 2. The fourth-order valence-electron chi connectivity index (χ4n) is 1.98. The van der Waals surface area contributed by atoms with E-state index in [1.165, 1.54) is 0 Å². The lowest BCUT2D eigenvalue weighted by Gasteiger charge is -2.11. The van der Waals surface area contributed by atoms with Crippen molar-refractivity contribution in [1.82, 2.24) is 15.5 Å². The number of hydrogen-bond acceptors (Lipinski definition) is 5. The van der Waals surface area contributed by atoms with Gasteiger partial charge >= 0.3 is 0 Å². The van der Waals surface area contributed by atoms with Crippen molar-refractivity contribution in [3.63, 3.8) is 0 Å². The number of rotatable bonds is 6. The minimum absolute atomic E-state index is 0.271. The molecule has 1 aromatic carbocycles. The van der Waals surface area contributed by atoms with Gasteiger partial charge in [-0.1, -0.05) is 41.1 Å². The highest BCUT2D eigenvalue weighted by molar-refractivity contribution is 9.10. The zero-order valence-electron chi connectivity index (χ0n) is 11.8. The van der Waals surface area contributed by atoms with Crippen LogP contribution in [0.4, 0.5) is 0 Å². The zero-order valence-corrected chi connectivity index (χ0v) is 14.2. The molecule has 2 aromatic rings. The molecule has 0 saturated carbocycles. The Labute approximate surface area is 131 Å². The van der Waals surface area contributed by atoms with Crippen LogP contribution < -0.4 is 10.1 Å². The van der Waals surface area contributed by atoms with Crippen LogP contribution in [0.25, 0.3) is 10.6 Å². The molecule has 0 radical (unpaired) electrons. The van der Waals surface area contributed by atoms with Crippen molar-refractivity contribution in [3.05, 3.63) is 27.7 Å². The second-order valence-corrected chi connectivity index (χ2v) is 6.23. The molecule has 0 aliphatic heterocycles. The van der Waals surface area contributed by atoms with Crippen LogP contribution in [0.5, 0.6) is 5.75 Å². The van der Waals surface area contributed by atoms with Crippen LogP contribution in [0.2, 0.25) is 0 Å². The van der Waals surface area contributed by atoms with Gasteiger partial charge in [-0.2, -0.15) is 0 Å². The quantitative estimate of drug-likeness (QED) is 0.849. The van der Waals surface area contributed by atoms with Crippen LogP contribution >= 0.6 is 27.3 Å². The lowest BCUT2D eigenvalue weighted by atomic mass is 10.2. The standard InChI is InChI=1S/C14H18BrN3OS/c1-4-11(16-5-2)14-18-17-13(20-14)10-7-6-9(15)8-12(10)19-3/h6-8,11,16H,4-5H2,1-3H3. The van der Waals surface area contributed by atoms with Crippen molar-refractivity contribution in [1.29, 1.82) is 0 Å². The van der Waals surface area contributed by atoms with Gasteiger partial charge in [0.15, 0.2) is 5.01 Å². The molecule has 108 valence electrons. The molecule has 1 heterocycles. The first kappa shape index (κ1) is 15.4. The summed E-state index contributed by atoms with van der Waals surface area (Å²) in [6, 6.07) is 6.20. The summed E-state index contributed by atoms with van der Waals surface area (Å²) in [5.41, 5.74) is 0.978. The Balaban J connectivity index is 2.33. The number of ether oxygens (including phenoxy) is 1. The van der Waals surface area contributed by atoms with E-state index in [9.17, 15) is 0 Å². The second kappa shape index (κ2) is 7.15. The number of nitrogens with one attached hydrogen (secondary N) is 1. The summed E-state index contributed by atoms with van der Waals surface area (Å²) >= 11 is 5.06. The fraction of sp³-hybridized carbons (Fsp3) is 0.429. The molecule has 1 unspecified atom stereocenters. The molecular formula is C14H18BrN3OS. The van der Waals surface area contributed by atoms with Crippen LogP contribution in [0.15, 0.2) is 22.7 Å². The Morgan fingerprint density at radius 3 is 2.80 bits per heavy atom. The van der Waals surface area contributed by atoms with Gasteiger partial charge in [-0.15, -0.1) is 10.2 Å². The van der Waals surface area contributed by atoms with E-state index in [1.807, 2.05) is 18.2 Å². The van der Waals surface area contributed by atoms with Gasteiger partial charge in [-0.05, 0) is 31.2 Å². The molecule has 0 spiro atoms. The van der Waals surface area contributed by atoms with E-state index in [1.54, 1.807) is 18.4 Å². The Morgan fingerprint density at radius 1 is 1.35 bits per heavy atom. The van der Waals surface area contributed by atoms with Crippen LogP contribution in [-0.2, 0) is 0 Å². The van der Waals surface area contributed by atoms with Gasteiger partial charge in [0.25, 0.3) is 0 Å². The van der Waals surface area contributed by atoms with Crippen LogP contribution in [0.1, 0.15) is 31.3 Å². The van der Waals surface area contributed by atoms with E-state index < -0.39 is 0 Å². The van der Waals surface area contributed by atoms with Gasteiger partial charge in [-0.3, -0.25) is 0 Å². The number of methoxy groups -OCH3 is 1. The summed E-state index contributed by atoms with van der Waals surface area (Å²) in [6.07, 6.45) is 1.000. The fourth-order valence-corrected chi connectivity index (χ4v) is 3.35. The molecule has 1 N–H and O–H groups in total. The first-order valence-corrected chi connectivity index (χ1v) is 8.21. The Bertz CT molecular complexity index is 573. The van der Waals surface area contributed by atoms with Gasteiger partial charge < -0.3 is 10.1 Å². The predicted molar refractivity (Wildman–Crippen MR) is 86.3 cm³/mol. The average molecular weight is 356 g/mol. The summed E-state index contributed by atoms with van der Waals surface area (Å²) in [5, 5.41) is 14.0. The van der Waals surface area contributed by atoms with Gasteiger partial charge in [-0.25, -0.2) is 0 Å². The van der Waals surface area contributed by atoms with E-state index in [4.69, 9.17) is 4.74 Å². The number of hydrogen-bond donors (Lipinski definition) is 1. The van der Waals surface area contributed by atoms with Crippen LogP contribution in [0.3, 0.4) is 0 Å². The van der Waals surface area contributed by atoms with Crippen molar-refractivity contribution >= 4 is 27.3 Å². The third kappa shape index (κ3) is 3.37. The Kier molecular flexibility index (Phi) is 5.51. The SMILES string of the molecule is CCNC(CC)c1nnc(-c2ccc(Br)cc2OC)s1. The Morgan fingerprint density at radius 2 is 2.15 bits per heavy atom. The highest BCUT2D eigenvalue weighted by atomic mass is 79.9. The lowest BCUT2D eigenvalue weighted by molar-refractivity contribution is 0.416. The third-order valence-corrected chi connectivity index (χ3v) is 4.55. The van der Waals surface area contributed by atoms with Crippen molar-refractivity contribution in [2.45, 2.75) is 26.3 Å². The summed E-state index contributed by atoms with van der Waals surface area (Å²) in [5.74, 6) is 0.804. The molecule has 0 aliphatic rings. The summed E-state index contributed by atoms with van der Waals surface area (Å²) in [7, 11) is 1.67. The molecule has 0 fully saturated rings. The van der Waals surface area contributed by atoms with Crippen LogP contribution in [-0.4, -0.2) is 23.9 Å². The van der Waals surface area contributed by atoms with Crippen molar-refractivity contribution in [2.24, 2.45) is 0 Å². The largest absolute Gasteiger partial charge is 0.496 e. The maximum absolute atomic E-state index is 5.42. The van der Waals surface area contributed by atoms with Crippen molar-refractivity contribution < 1.29 is 4.74 Å². The number of halogens is 1. The summed E-state index contributed by atoms with van der Waals surface area (Å²) in [6.45, 7) is 5.17. The predicted octanol–water partition coefficient (Wildman–Crippen LogP) is 4.04. The number of aromatic nitrogens is 2. The van der Waals surface area contributed by atoms with Crippen molar-refractivity contribution in [3.8, 4) is 16.3 Å². The molecule has 2 rings (SSSR count). The molecule has 1 aromatic heterocycles. The van der Waals surface area contributed by atoms with E-state index in [0.29, 0.717) is 0 Å². The average Bonchev–Trinajstić information content (AvgIpc) is 2.93. The molecule has 6 heteroatoms. The Hall–Kier alpha value is -0.980. The van der Waals surface area contributed by atoms with Crippen LogP contribution in [0, 0.1) is 0 Å². The zero-order chi connectivity index (χ0) is 14.5. The smallest absolute Gasteiger partial charge is 0.151 e. The van der Waals surface area contributed by atoms with E-state index in [-0.39, 0.29) is 6.04 Å². The molecule has 1 atom stereocenters. The van der Waals surface area contributed by atoms with E-state index >= 15 is 0 Å². The normalized spacial score (nSPS) is 12.4. The molecule has 20 heavy (non-hydrogen) atoms.